The summed E-state index contributed by atoms with van der Waals surface area (Å²) in [4.78, 5) is 12.9. The smallest absolute Gasteiger partial charge is 0.279 e. The Morgan fingerprint density at radius 1 is 1.04 bits per heavy atom. The van der Waals surface area contributed by atoms with Crippen molar-refractivity contribution in [2.45, 2.75) is 24.8 Å². The first-order chi connectivity index (χ1) is 13.1. The average Bonchev–Trinajstić information content (AvgIpc) is 3.08. The summed E-state index contributed by atoms with van der Waals surface area (Å²) in [5, 5.41) is 9.64. The van der Waals surface area contributed by atoms with Gasteiger partial charge in [0.05, 0.1) is 5.69 Å². The molecule has 0 amide bonds. The summed E-state index contributed by atoms with van der Waals surface area (Å²) in [6.45, 7) is 3.98. The van der Waals surface area contributed by atoms with Crippen molar-refractivity contribution in [2.75, 3.05) is 0 Å². The quantitative estimate of drug-likeness (QED) is 0.478. The first-order valence-corrected chi connectivity index (χ1v) is 9.82. The van der Waals surface area contributed by atoms with Crippen molar-refractivity contribution in [1.29, 1.82) is 0 Å². The molecule has 2 aromatic carbocycles. The van der Waals surface area contributed by atoms with Gasteiger partial charge in [0, 0.05) is 23.2 Å². The number of rotatable bonds is 4. The Bertz CT molecular complexity index is 1200. The molecule has 2 heterocycles. The predicted molar refractivity (Wildman–Crippen MR) is 109 cm³/mol. The van der Waals surface area contributed by atoms with Crippen LogP contribution in [0.4, 0.5) is 0 Å². The number of fused-ring (bicyclic) bond motifs is 1. The maximum Gasteiger partial charge on any atom is 0.300 e. The van der Waals surface area contributed by atoms with Crippen LogP contribution in [0.1, 0.15) is 16.7 Å². The van der Waals surface area contributed by atoms with E-state index in [1.54, 1.807) is 33.0 Å². The summed E-state index contributed by atoms with van der Waals surface area (Å²) >= 11 is 7.76. The van der Waals surface area contributed by atoms with Gasteiger partial charge < -0.3 is 0 Å². The zero-order valence-corrected chi connectivity index (χ0v) is 16.5. The molecule has 0 aliphatic rings. The Kier molecular flexibility index (Phi) is 4.76. The normalized spacial score (nSPS) is 11.2. The van der Waals surface area contributed by atoms with Gasteiger partial charge in [-0.05, 0) is 42.7 Å². The SMILES string of the molecule is Cc1ccccc1CSc1nnc2c(=O)n(-c3cccc(Cl)c3C)ccn12. The van der Waals surface area contributed by atoms with Gasteiger partial charge in [0.1, 0.15) is 0 Å². The highest BCUT2D eigenvalue weighted by molar-refractivity contribution is 7.98. The van der Waals surface area contributed by atoms with Crippen molar-refractivity contribution < 1.29 is 0 Å². The van der Waals surface area contributed by atoms with Crippen LogP contribution in [-0.2, 0) is 5.75 Å². The van der Waals surface area contributed by atoms with E-state index in [1.807, 2.05) is 37.4 Å². The Labute approximate surface area is 165 Å². The lowest BCUT2D eigenvalue weighted by Crippen LogP contribution is -2.21. The summed E-state index contributed by atoms with van der Waals surface area (Å²) in [5.74, 6) is 0.768. The first-order valence-electron chi connectivity index (χ1n) is 8.45. The molecule has 4 aromatic rings. The van der Waals surface area contributed by atoms with E-state index < -0.39 is 0 Å². The van der Waals surface area contributed by atoms with Crippen LogP contribution in [0.15, 0.2) is 64.8 Å². The Morgan fingerprint density at radius 3 is 2.67 bits per heavy atom. The summed E-state index contributed by atoms with van der Waals surface area (Å²) in [7, 11) is 0. The number of aryl methyl sites for hydroxylation is 1. The monoisotopic (exact) mass is 396 g/mol. The van der Waals surface area contributed by atoms with Crippen molar-refractivity contribution in [3.63, 3.8) is 0 Å². The Hall–Kier alpha value is -2.57. The van der Waals surface area contributed by atoms with E-state index in [2.05, 4.69) is 29.3 Å². The topological polar surface area (TPSA) is 52.2 Å². The lowest BCUT2D eigenvalue weighted by atomic mass is 10.1. The lowest BCUT2D eigenvalue weighted by molar-refractivity contribution is 0.890. The van der Waals surface area contributed by atoms with Crippen molar-refractivity contribution in [3.05, 3.63) is 86.9 Å². The number of hydrogen-bond acceptors (Lipinski definition) is 4. The van der Waals surface area contributed by atoms with E-state index in [4.69, 9.17) is 11.6 Å². The molecule has 0 atom stereocenters. The maximum atomic E-state index is 12.9. The van der Waals surface area contributed by atoms with Gasteiger partial charge in [-0.1, -0.05) is 53.7 Å². The van der Waals surface area contributed by atoms with E-state index in [0.717, 1.165) is 17.0 Å². The highest BCUT2D eigenvalue weighted by Crippen LogP contribution is 2.24. The summed E-state index contributed by atoms with van der Waals surface area (Å²) in [5.41, 5.74) is 4.13. The van der Waals surface area contributed by atoms with Gasteiger partial charge in [0.25, 0.3) is 0 Å². The zero-order chi connectivity index (χ0) is 19.0. The molecular formula is C20H17ClN4OS. The molecule has 0 bridgehead atoms. The van der Waals surface area contributed by atoms with Crippen molar-refractivity contribution in [1.82, 2.24) is 19.2 Å². The largest absolute Gasteiger partial charge is 0.300 e. The Morgan fingerprint density at radius 2 is 1.85 bits per heavy atom. The van der Waals surface area contributed by atoms with Crippen molar-refractivity contribution >= 4 is 29.0 Å². The van der Waals surface area contributed by atoms with Crippen LogP contribution in [0.5, 0.6) is 0 Å². The second-order valence-corrected chi connectivity index (χ2v) is 7.60. The number of nitrogens with zero attached hydrogens (tertiary/aromatic N) is 4. The molecule has 0 fully saturated rings. The van der Waals surface area contributed by atoms with Gasteiger partial charge in [0.2, 0.25) is 5.65 Å². The Balaban J connectivity index is 1.71. The summed E-state index contributed by atoms with van der Waals surface area (Å²) in [6, 6.07) is 13.7. The van der Waals surface area contributed by atoms with Gasteiger partial charge >= 0.3 is 5.56 Å². The van der Waals surface area contributed by atoms with Crippen molar-refractivity contribution in [2.24, 2.45) is 0 Å². The molecule has 0 radical (unpaired) electrons. The standard InChI is InChI=1S/C20H17ClN4OS/c1-13-6-3-4-7-15(13)12-27-20-23-22-18-19(26)24(10-11-25(18)20)17-9-5-8-16(21)14(17)2/h3-11H,12H2,1-2H3. The molecule has 0 aliphatic carbocycles. The second-order valence-electron chi connectivity index (χ2n) is 6.25. The summed E-state index contributed by atoms with van der Waals surface area (Å²) < 4.78 is 3.29. The fourth-order valence-corrected chi connectivity index (χ4v) is 4.09. The maximum absolute atomic E-state index is 12.9. The van der Waals surface area contributed by atoms with Crippen LogP contribution >= 0.6 is 23.4 Å². The highest BCUT2D eigenvalue weighted by Gasteiger charge is 2.14. The van der Waals surface area contributed by atoms with Crippen LogP contribution in [0.3, 0.4) is 0 Å². The minimum absolute atomic E-state index is 0.224. The van der Waals surface area contributed by atoms with Gasteiger partial charge in [-0.3, -0.25) is 13.8 Å². The van der Waals surface area contributed by atoms with Crippen LogP contribution in [-0.4, -0.2) is 19.2 Å². The molecule has 4 rings (SSSR count). The number of hydrogen-bond donors (Lipinski definition) is 0. The van der Waals surface area contributed by atoms with Gasteiger partial charge in [0.15, 0.2) is 5.16 Å². The number of benzene rings is 2. The van der Waals surface area contributed by atoms with Gasteiger partial charge in [-0.25, -0.2) is 0 Å². The van der Waals surface area contributed by atoms with Crippen LogP contribution in [0.2, 0.25) is 5.02 Å². The van der Waals surface area contributed by atoms with Gasteiger partial charge in [-0.15, -0.1) is 10.2 Å². The van der Waals surface area contributed by atoms with E-state index in [-0.39, 0.29) is 5.56 Å². The number of halogens is 1. The predicted octanol–water partition coefficient (Wildman–Crippen LogP) is 4.44. The molecule has 5 nitrogen and oxygen atoms in total. The third-order valence-corrected chi connectivity index (χ3v) is 5.96. The molecule has 0 saturated carbocycles. The van der Waals surface area contributed by atoms with Crippen LogP contribution in [0, 0.1) is 13.8 Å². The van der Waals surface area contributed by atoms with Crippen LogP contribution in [0.25, 0.3) is 11.3 Å². The molecule has 27 heavy (non-hydrogen) atoms. The highest BCUT2D eigenvalue weighted by atomic mass is 35.5. The molecular weight excluding hydrogens is 380 g/mol. The number of aromatic nitrogens is 4. The fourth-order valence-electron chi connectivity index (χ4n) is 2.93. The fraction of sp³-hybridized carbons (Fsp3) is 0.150. The third kappa shape index (κ3) is 3.26. The molecule has 0 unspecified atom stereocenters. The van der Waals surface area contributed by atoms with E-state index in [0.29, 0.717) is 15.8 Å². The van der Waals surface area contributed by atoms with E-state index in [9.17, 15) is 4.79 Å². The molecule has 136 valence electrons. The van der Waals surface area contributed by atoms with E-state index in [1.165, 1.54) is 11.1 Å². The lowest BCUT2D eigenvalue weighted by Gasteiger charge is -2.10. The second kappa shape index (κ2) is 7.21. The third-order valence-electron chi connectivity index (χ3n) is 4.56. The average molecular weight is 397 g/mol. The minimum atomic E-state index is -0.224. The van der Waals surface area contributed by atoms with Crippen molar-refractivity contribution in [3.8, 4) is 5.69 Å². The molecule has 0 spiro atoms. The molecule has 7 heteroatoms. The minimum Gasteiger partial charge on any atom is -0.279 e. The summed E-state index contributed by atoms with van der Waals surface area (Å²) in [6.07, 6.45) is 3.55. The zero-order valence-electron chi connectivity index (χ0n) is 14.9. The first kappa shape index (κ1) is 17.8. The molecule has 0 saturated heterocycles. The van der Waals surface area contributed by atoms with Crippen LogP contribution < -0.4 is 5.56 Å². The molecule has 2 aromatic heterocycles. The molecule has 0 N–H and O–H groups in total. The van der Waals surface area contributed by atoms with E-state index >= 15 is 0 Å². The van der Waals surface area contributed by atoms with Gasteiger partial charge in [-0.2, -0.15) is 0 Å². The number of thioether (sulfide) groups is 1. The molecule has 0 aliphatic heterocycles.